The summed E-state index contributed by atoms with van der Waals surface area (Å²) in [6.45, 7) is 4.30. The summed E-state index contributed by atoms with van der Waals surface area (Å²) >= 11 is 1.22. The average Bonchev–Trinajstić information content (AvgIpc) is 2.73. The molecule has 4 heteroatoms. The first kappa shape index (κ1) is 12.6. The van der Waals surface area contributed by atoms with Crippen LogP contribution in [0.25, 0.3) is 0 Å². The molecule has 0 aliphatic carbocycles. The van der Waals surface area contributed by atoms with Gasteiger partial charge in [-0.2, -0.15) is 0 Å². The summed E-state index contributed by atoms with van der Waals surface area (Å²) < 4.78 is 5.65. The van der Waals surface area contributed by atoms with E-state index in [0.717, 1.165) is 16.9 Å². The number of benzene rings is 1. The molecule has 0 unspecified atom stereocenters. The Hall–Kier alpha value is -1.81. The van der Waals surface area contributed by atoms with E-state index in [1.807, 2.05) is 26.0 Å². The summed E-state index contributed by atoms with van der Waals surface area (Å²) in [4.78, 5) is 11.3. The monoisotopic (exact) mass is 262 g/mol. The number of carboxylic acid groups (broad SMARTS) is 1. The zero-order valence-electron chi connectivity index (χ0n) is 10.3. The molecule has 0 atom stereocenters. The van der Waals surface area contributed by atoms with Gasteiger partial charge in [0, 0.05) is 5.56 Å². The normalized spacial score (nSPS) is 10.3. The van der Waals surface area contributed by atoms with E-state index in [-0.39, 0.29) is 6.61 Å². The Morgan fingerprint density at radius 1 is 1.28 bits per heavy atom. The van der Waals surface area contributed by atoms with Crippen LogP contribution >= 0.6 is 11.3 Å². The minimum absolute atomic E-state index is 0.286. The molecule has 1 aromatic heterocycles. The third-order valence-corrected chi connectivity index (χ3v) is 3.48. The Morgan fingerprint density at radius 2 is 1.94 bits per heavy atom. The van der Waals surface area contributed by atoms with Gasteiger partial charge in [0.05, 0.1) is 0 Å². The maximum Gasteiger partial charge on any atom is 0.346 e. The van der Waals surface area contributed by atoms with E-state index in [1.165, 1.54) is 11.3 Å². The van der Waals surface area contributed by atoms with Crippen molar-refractivity contribution in [3.63, 3.8) is 0 Å². The summed E-state index contributed by atoms with van der Waals surface area (Å²) in [5.41, 5.74) is 2.98. The summed E-state index contributed by atoms with van der Waals surface area (Å²) in [6.07, 6.45) is 0. The highest BCUT2D eigenvalue weighted by atomic mass is 32.1. The van der Waals surface area contributed by atoms with Crippen molar-refractivity contribution in [1.29, 1.82) is 0 Å². The van der Waals surface area contributed by atoms with E-state index < -0.39 is 5.97 Å². The molecule has 2 aromatic rings. The highest BCUT2D eigenvalue weighted by Gasteiger charge is 2.11. The fourth-order valence-electron chi connectivity index (χ4n) is 1.81. The molecule has 0 bridgehead atoms. The van der Waals surface area contributed by atoms with Gasteiger partial charge in [0.1, 0.15) is 17.2 Å². The fraction of sp³-hybridized carbons (Fsp3) is 0.214. The van der Waals surface area contributed by atoms with Gasteiger partial charge in [-0.3, -0.25) is 0 Å². The van der Waals surface area contributed by atoms with E-state index in [2.05, 4.69) is 6.07 Å². The SMILES string of the molecule is Cc1cc(C)cc(OCc2ccsc2C(=O)O)c1. The van der Waals surface area contributed by atoms with Crippen LogP contribution in [-0.2, 0) is 6.61 Å². The Labute approximate surface area is 110 Å². The number of thiophene rings is 1. The van der Waals surface area contributed by atoms with E-state index >= 15 is 0 Å². The van der Waals surface area contributed by atoms with Crippen LogP contribution in [0, 0.1) is 13.8 Å². The largest absolute Gasteiger partial charge is 0.489 e. The summed E-state index contributed by atoms with van der Waals surface area (Å²) in [7, 11) is 0. The molecular weight excluding hydrogens is 248 g/mol. The molecular formula is C14H14O3S. The van der Waals surface area contributed by atoms with Crippen LogP contribution in [0.15, 0.2) is 29.6 Å². The quantitative estimate of drug-likeness (QED) is 0.915. The van der Waals surface area contributed by atoms with Crippen molar-refractivity contribution in [2.45, 2.75) is 20.5 Å². The molecule has 1 aromatic carbocycles. The van der Waals surface area contributed by atoms with Crippen LogP contribution in [0.4, 0.5) is 0 Å². The van der Waals surface area contributed by atoms with E-state index in [9.17, 15) is 4.79 Å². The second-order valence-electron chi connectivity index (χ2n) is 4.19. The van der Waals surface area contributed by atoms with Crippen molar-refractivity contribution in [2.24, 2.45) is 0 Å². The number of carbonyl (C=O) groups is 1. The molecule has 94 valence electrons. The number of carboxylic acids is 1. The highest BCUT2D eigenvalue weighted by Crippen LogP contribution is 2.21. The minimum Gasteiger partial charge on any atom is -0.489 e. The predicted octanol–water partition coefficient (Wildman–Crippen LogP) is 3.64. The standard InChI is InChI=1S/C14H14O3S/c1-9-5-10(2)7-12(6-9)17-8-11-3-4-18-13(11)14(15)16/h3-7H,8H2,1-2H3,(H,15,16). The van der Waals surface area contributed by atoms with E-state index in [4.69, 9.17) is 9.84 Å². The summed E-state index contributed by atoms with van der Waals surface area (Å²) in [5, 5.41) is 10.8. The molecule has 1 N–H and O–H groups in total. The van der Waals surface area contributed by atoms with Crippen molar-refractivity contribution in [1.82, 2.24) is 0 Å². The van der Waals surface area contributed by atoms with Gasteiger partial charge in [-0.15, -0.1) is 11.3 Å². The third-order valence-electron chi connectivity index (χ3n) is 2.53. The van der Waals surface area contributed by atoms with Crippen molar-refractivity contribution < 1.29 is 14.6 Å². The Morgan fingerprint density at radius 3 is 2.56 bits per heavy atom. The van der Waals surface area contributed by atoms with Crippen LogP contribution in [0.2, 0.25) is 0 Å². The van der Waals surface area contributed by atoms with Crippen LogP contribution in [0.1, 0.15) is 26.4 Å². The van der Waals surface area contributed by atoms with Crippen LogP contribution in [-0.4, -0.2) is 11.1 Å². The predicted molar refractivity (Wildman–Crippen MR) is 71.5 cm³/mol. The molecule has 0 amide bonds. The number of hydrogen-bond donors (Lipinski definition) is 1. The number of hydrogen-bond acceptors (Lipinski definition) is 3. The van der Waals surface area contributed by atoms with Gasteiger partial charge in [-0.1, -0.05) is 6.07 Å². The Kier molecular flexibility index (Phi) is 3.67. The summed E-state index contributed by atoms with van der Waals surface area (Å²) in [5.74, 6) is -0.126. The molecule has 0 aliphatic heterocycles. The highest BCUT2D eigenvalue weighted by molar-refractivity contribution is 7.12. The minimum atomic E-state index is -0.899. The maximum absolute atomic E-state index is 11.0. The van der Waals surface area contributed by atoms with Crippen molar-refractivity contribution >= 4 is 17.3 Å². The lowest BCUT2D eigenvalue weighted by Crippen LogP contribution is -2.02. The summed E-state index contributed by atoms with van der Waals surface area (Å²) in [6, 6.07) is 7.75. The number of rotatable bonds is 4. The lowest BCUT2D eigenvalue weighted by Gasteiger charge is -2.08. The first-order valence-corrected chi connectivity index (χ1v) is 6.45. The molecule has 0 aliphatic rings. The van der Waals surface area contributed by atoms with Crippen molar-refractivity contribution in [3.8, 4) is 5.75 Å². The number of aromatic carboxylic acids is 1. The number of aryl methyl sites for hydroxylation is 2. The molecule has 0 saturated heterocycles. The zero-order chi connectivity index (χ0) is 13.1. The topological polar surface area (TPSA) is 46.5 Å². The lowest BCUT2D eigenvalue weighted by atomic mass is 10.1. The lowest BCUT2D eigenvalue weighted by molar-refractivity contribution is 0.0699. The van der Waals surface area contributed by atoms with Crippen LogP contribution < -0.4 is 4.74 Å². The van der Waals surface area contributed by atoms with Crippen LogP contribution in [0.5, 0.6) is 5.75 Å². The van der Waals surface area contributed by atoms with Gasteiger partial charge in [-0.25, -0.2) is 4.79 Å². The van der Waals surface area contributed by atoms with Gasteiger partial charge in [0.15, 0.2) is 0 Å². The molecule has 2 rings (SSSR count). The molecule has 3 nitrogen and oxygen atoms in total. The third kappa shape index (κ3) is 2.90. The number of ether oxygens (including phenoxy) is 1. The molecule has 0 fully saturated rings. The van der Waals surface area contributed by atoms with Gasteiger partial charge in [-0.05, 0) is 48.6 Å². The molecule has 18 heavy (non-hydrogen) atoms. The van der Waals surface area contributed by atoms with Gasteiger partial charge in [0.2, 0.25) is 0 Å². The Bertz CT molecular complexity index is 552. The second kappa shape index (κ2) is 5.23. The average molecular weight is 262 g/mol. The molecule has 0 radical (unpaired) electrons. The smallest absolute Gasteiger partial charge is 0.346 e. The van der Waals surface area contributed by atoms with E-state index in [1.54, 1.807) is 11.4 Å². The Balaban J connectivity index is 2.11. The molecule has 0 saturated carbocycles. The van der Waals surface area contributed by atoms with Crippen molar-refractivity contribution in [3.05, 3.63) is 51.2 Å². The maximum atomic E-state index is 11.0. The van der Waals surface area contributed by atoms with Gasteiger partial charge in [0.25, 0.3) is 0 Å². The fourth-order valence-corrected chi connectivity index (χ4v) is 2.56. The first-order valence-electron chi connectivity index (χ1n) is 5.57. The molecule has 1 heterocycles. The zero-order valence-corrected chi connectivity index (χ0v) is 11.1. The van der Waals surface area contributed by atoms with Gasteiger partial charge < -0.3 is 9.84 Å². The second-order valence-corrected chi connectivity index (χ2v) is 5.11. The van der Waals surface area contributed by atoms with E-state index in [0.29, 0.717) is 10.4 Å². The first-order chi connectivity index (χ1) is 8.56. The van der Waals surface area contributed by atoms with Crippen molar-refractivity contribution in [2.75, 3.05) is 0 Å². The van der Waals surface area contributed by atoms with Gasteiger partial charge >= 0.3 is 5.97 Å². The van der Waals surface area contributed by atoms with Crippen LogP contribution in [0.3, 0.4) is 0 Å². The molecule has 0 spiro atoms.